The maximum Gasteiger partial charge on any atom is 0.191 e. The zero-order valence-corrected chi connectivity index (χ0v) is 18.2. The van der Waals surface area contributed by atoms with Gasteiger partial charge >= 0.3 is 0 Å². The number of guanidine groups is 1. The summed E-state index contributed by atoms with van der Waals surface area (Å²) in [4.78, 5) is 9.43. The predicted octanol–water partition coefficient (Wildman–Crippen LogP) is 2.38. The van der Waals surface area contributed by atoms with Gasteiger partial charge in [-0.1, -0.05) is 6.92 Å². The van der Waals surface area contributed by atoms with Crippen molar-refractivity contribution in [3.63, 3.8) is 0 Å². The monoisotopic (exact) mass is 451 g/mol. The van der Waals surface area contributed by atoms with Crippen molar-refractivity contribution in [3.8, 4) is 0 Å². The highest BCUT2D eigenvalue weighted by Crippen LogP contribution is 2.23. The van der Waals surface area contributed by atoms with E-state index >= 15 is 0 Å². The molecule has 1 saturated carbocycles. The van der Waals surface area contributed by atoms with Gasteiger partial charge in [0.2, 0.25) is 0 Å². The number of nitrogens with one attached hydrogen (secondary N) is 2. The van der Waals surface area contributed by atoms with E-state index in [4.69, 9.17) is 0 Å². The molecule has 1 saturated heterocycles. The molecule has 6 heteroatoms. The second-order valence-electron chi connectivity index (χ2n) is 7.45. The summed E-state index contributed by atoms with van der Waals surface area (Å²) in [6.45, 7) is 9.47. The lowest BCUT2D eigenvalue weighted by Crippen LogP contribution is -2.45. The molecule has 1 aliphatic carbocycles. The lowest BCUT2D eigenvalue weighted by atomic mass is 9.87. The number of halogens is 1. The molecule has 0 spiro atoms. The van der Waals surface area contributed by atoms with Gasteiger partial charge in [-0.15, -0.1) is 24.0 Å². The van der Waals surface area contributed by atoms with E-state index in [1.165, 1.54) is 71.2 Å². The van der Waals surface area contributed by atoms with Crippen LogP contribution in [0.25, 0.3) is 0 Å². The van der Waals surface area contributed by atoms with Crippen molar-refractivity contribution in [2.45, 2.75) is 51.5 Å². The summed E-state index contributed by atoms with van der Waals surface area (Å²) in [5.41, 5.74) is 0. The number of hydrogen-bond donors (Lipinski definition) is 2. The fourth-order valence-electron chi connectivity index (χ4n) is 3.63. The number of likely N-dealkylation sites (N-methyl/N-ethyl adjacent to an activating group) is 1. The molecule has 2 aliphatic rings. The van der Waals surface area contributed by atoms with Crippen molar-refractivity contribution in [2.24, 2.45) is 10.9 Å². The summed E-state index contributed by atoms with van der Waals surface area (Å²) in [5, 5.41) is 7.09. The first-order valence-electron chi connectivity index (χ1n) is 9.55. The highest BCUT2D eigenvalue weighted by molar-refractivity contribution is 14.0. The van der Waals surface area contributed by atoms with Crippen LogP contribution in [0.5, 0.6) is 0 Å². The van der Waals surface area contributed by atoms with E-state index in [2.05, 4.69) is 39.4 Å². The Hall–Kier alpha value is -0.0800. The molecule has 2 rings (SSSR count). The van der Waals surface area contributed by atoms with Crippen LogP contribution < -0.4 is 10.6 Å². The van der Waals surface area contributed by atoms with Gasteiger partial charge in [0.25, 0.3) is 0 Å². The molecule has 1 heterocycles. The largest absolute Gasteiger partial charge is 0.356 e. The number of hydrogen-bond acceptors (Lipinski definition) is 3. The molecule has 0 atom stereocenters. The molecule has 0 bridgehead atoms. The number of aliphatic imine (C=N–C) groups is 1. The Kier molecular flexibility index (Phi) is 11.3. The van der Waals surface area contributed by atoms with Crippen LogP contribution in [0.4, 0.5) is 0 Å². The molecule has 0 aromatic carbocycles. The van der Waals surface area contributed by atoms with E-state index in [1.807, 2.05) is 7.05 Å². The summed E-state index contributed by atoms with van der Waals surface area (Å²) in [5.74, 6) is 1.89. The van der Waals surface area contributed by atoms with Crippen molar-refractivity contribution in [1.82, 2.24) is 20.4 Å². The standard InChI is InChI=1S/C18H37N5.HI/c1-16-6-8-17(9-7-16)21-18(19-2)20-10-4-12-23-13-5-11-22(3)14-15-23;/h16-17H,4-15H2,1-3H3,(H2,19,20,21);1H. The minimum absolute atomic E-state index is 0. The molecule has 0 unspecified atom stereocenters. The lowest BCUT2D eigenvalue weighted by Gasteiger charge is -2.28. The average molecular weight is 451 g/mol. The van der Waals surface area contributed by atoms with E-state index in [0.717, 1.165) is 18.4 Å². The van der Waals surface area contributed by atoms with Gasteiger partial charge in [0.05, 0.1) is 0 Å². The fourth-order valence-corrected chi connectivity index (χ4v) is 3.63. The van der Waals surface area contributed by atoms with E-state index in [0.29, 0.717) is 6.04 Å². The normalized spacial score (nSPS) is 27.2. The van der Waals surface area contributed by atoms with E-state index in [1.54, 1.807) is 0 Å². The molecule has 142 valence electrons. The topological polar surface area (TPSA) is 42.9 Å². The second-order valence-corrected chi connectivity index (χ2v) is 7.45. The Balaban J connectivity index is 0.00000288. The third-order valence-corrected chi connectivity index (χ3v) is 5.34. The maximum absolute atomic E-state index is 4.38. The molecule has 24 heavy (non-hydrogen) atoms. The first-order chi connectivity index (χ1) is 11.2. The Labute approximate surface area is 166 Å². The van der Waals surface area contributed by atoms with Gasteiger partial charge in [-0.05, 0) is 71.1 Å². The molecule has 0 aromatic rings. The van der Waals surface area contributed by atoms with E-state index < -0.39 is 0 Å². The zero-order valence-electron chi connectivity index (χ0n) is 15.9. The van der Waals surface area contributed by atoms with Crippen LogP contribution in [-0.2, 0) is 0 Å². The summed E-state index contributed by atoms with van der Waals surface area (Å²) in [6, 6.07) is 0.610. The first kappa shape index (κ1) is 22.0. The molecule has 0 amide bonds. The Morgan fingerprint density at radius 2 is 1.83 bits per heavy atom. The van der Waals surface area contributed by atoms with Gasteiger partial charge in [0.15, 0.2) is 5.96 Å². The fraction of sp³-hybridized carbons (Fsp3) is 0.944. The highest BCUT2D eigenvalue weighted by atomic mass is 127. The molecule has 2 N–H and O–H groups in total. The molecule has 0 radical (unpaired) electrons. The van der Waals surface area contributed by atoms with Crippen LogP contribution in [0.3, 0.4) is 0 Å². The smallest absolute Gasteiger partial charge is 0.191 e. The lowest BCUT2D eigenvalue weighted by molar-refractivity contribution is 0.273. The Morgan fingerprint density at radius 3 is 2.54 bits per heavy atom. The van der Waals surface area contributed by atoms with Crippen molar-refractivity contribution >= 4 is 29.9 Å². The molecule has 2 fully saturated rings. The molecule has 1 aliphatic heterocycles. The average Bonchev–Trinajstić information content (AvgIpc) is 2.76. The van der Waals surface area contributed by atoms with Gasteiger partial charge < -0.3 is 20.4 Å². The third kappa shape index (κ3) is 8.34. The quantitative estimate of drug-likeness (QED) is 0.292. The van der Waals surface area contributed by atoms with Crippen molar-refractivity contribution in [3.05, 3.63) is 0 Å². The predicted molar refractivity (Wildman–Crippen MR) is 115 cm³/mol. The Bertz CT molecular complexity index is 355. The summed E-state index contributed by atoms with van der Waals surface area (Å²) in [6.07, 6.45) is 7.74. The Morgan fingerprint density at radius 1 is 1.08 bits per heavy atom. The molecule has 0 aromatic heterocycles. The SMILES string of the molecule is CN=C(NCCCN1CCCN(C)CC1)NC1CCC(C)CC1.I. The molecular weight excluding hydrogens is 413 g/mol. The highest BCUT2D eigenvalue weighted by Gasteiger charge is 2.18. The van der Waals surface area contributed by atoms with Gasteiger partial charge in [-0.3, -0.25) is 4.99 Å². The van der Waals surface area contributed by atoms with Gasteiger partial charge in [0.1, 0.15) is 0 Å². The van der Waals surface area contributed by atoms with Crippen LogP contribution >= 0.6 is 24.0 Å². The van der Waals surface area contributed by atoms with Crippen LogP contribution in [0.1, 0.15) is 45.4 Å². The van der Waals surface area contributed by atoms with Crippen molar-refractivity contribution in [1.29, 1.82) is 0 Å². The van der Waals surface area contributed by atoms with Crippen LogP contribution in [0, 0.1) is 5.92 Å². The van der Waals surface area contributed by atoms with Crippen LogP contribution in [0.2, 0.25) is 0 Å². The van der Waals surface area contributed by atoms with Gasteiger partial charge in [-0.25, -0.2) is 0 Å². The van der Waals surface area contributed by atoms with Crippen LogP contribution in [0.15, 0.2) is 4.99 Å². The molecular formula is C18H38IN5. The first-order valence-corrected chi connectivity index (χ1v) is 9.55. The minimum Gasteiger partial charge on any atom is -0.356 e. The van der Waals surface area contributed by atoms with E-state index in [9.17, 15) is 0 Å². The second kappa shape index (κ2) is 12.3. The van der Waals surface area contributed by atoms with Gasteiger partial charge in [-0.2, -0.15) is 0 Å². The minimum atomic E-state index is 0. The molecule has 5 nitrogen and oxygen atoms in total. The summed E-state index contributed by atoms with van der Waals surface area (Å²) in [7, 11) is 4.11. The van der Waals surface area contributed by atoms with E-state index in [-0.39, 0.29) is 24.0 Å². The van der Waals surface area contributed by atoms with Crippen LogP contribution in [-0.4, -0.2) is 75.2 Å². The number of nitrogens with zero attached hydrogens (tertiary/aromatic N) is 3. The maximum atomic E-state index is 4.38. The summed E-state index contributed by atoms with van der Waals surface area (Å²) >= 11 is 0. The van der Waals surface area contributed by atoms with Gasteiger partial charge in [0, 0.05) is 32.7 Å². The van der Waals surface area contributed by atoms with Crippen molar-refractivity contribution < 1.29 is 0 Å². The number of rotatable bonds is 5. The third-order valence-electron chi connectivity index (χ3n) is 5.34. The summed E-state index contributed by atoms with van der Waals surface area (Å²) < 4.78 is 0. The van der Waals surface area contributed by atoms with Crippen molar-refractivity contribution in [2.75, 3.05) is 53.4 Å². The zero-order chi connectivity index (χ0) is 16.5.